The predicted molar refractivity (Wildman–Crippen MR) is 146 cm³/mol. The first-order valence-electron chi connectivity index (χ1n) is 12.1. The number of aliphatic hydroxyl groups is 1. The number of hydrogen-bond donors (Lipinski definition) is 2. The van der Waals surface area contributed by atoms with Crippen molar-refractivity contribution in [2.45, 2.75) is 19.5 Å². The van der Waals surface area contributed by atoms with Crippen molar-refractivity contribution >= 4 is 29.3 Å². The van der Waals surface area contributed by atoms with Gasteiger partial charge >= 0.3 is 0 Å². The molecule has 5 rings (SSSR count). The van der Waals surface area contributed by atoms with Crippen LogP contribution in [0.4, 0.5) is 11.8 Å². The number of anilines is 2. The minimum atomic E-state index is -0.586. The van der Waals surface area contributed by atoms with E-state index in [4.69, 9.17) is 21.0 Å². The molecule has 192 valence electrons. The summed E-state index contributed by atoms with van der Waals surface area (Å²) in [6.07, 6.45) is 6.84. The number of furan rings is 1. The highest BCUT2D eigenvalue weighted by molar-refractivity contribution is 6.30. The number of aromatic nitrogens is 3. The summed E-state index contributed by atoms with van der Waals surface area (Å²) in [6.45, 7) is 2.17. The number of aryl methyl sites for hydroxylation is 1. The van der Waals surface area contributed by atoms with Crippen LogP contribution in [-0.2, 0) is 6.54 Å². The standard InChI is InChI=1S/C29H26ClN5O3/c1-20-16-31-29(35(26-11-6-14-38-26)17-21-7-3-2-4-8-21)33-27(20)34-13-12-23(18-34)28(37)32-25(19-36)22-9-5-10-24(30)15-22/h2-16,18,25,36H,17,19H2,1H3,(H,32,37). The van der Waals surface area contributed by atoms with Crippen LogP contribution in [0.3, 0.4) is 0 Å². The third-order valence-corrected chi connectivity index (χ3v) is 6.30. The van der Waals surface area contributed by atoms with E-state index in [0.717, 1.165) is 16.7 Å². The summed E-state index contributed by atoms with van der Waals surface area (Å²) in [7, 11) is 0. The molecule has 0 aliphatic rings. The van der Waals surface area contributed by atoms with Crippen molar-refractivity contribution in [2.24, 2.45) is 0 Å². The summed E-state index contributed by atoms with van der Waals surface area (Å²) < 4.78 is 7.47. The predicted octanol–water partition coefficient (Wildman–Crippen LogP) is 5.62. The topological polar surface area (TPSA) is 96.4 Å². The molecule has 2 N–H and O–H groups in total. The Morgan fingerprint density at radius 2 is 1.97 bits per heavy atom. The second-order valence-electron chi connectivity index (χ2n) is 8.77. The van der Waals surface area contributed by atoms with Crippen LogP contribution in [0.1, 0.15) is 33.1 Å². The molecule has 0 aliphatic heterocycles. The lowest BCUT2D eigenvalue weighted by atomic mass is 10.1. The molecular formula is C29H26ClN5O3. The van der Waals surface area contributed by atoms with Crippen LogP contribution in [-0.4, -0.2) is 32.2 Å². The van der Waals surface area contributed by atoms with Crippen LogP contribution < -0.4 is 10.2 Å². The van der Waals surface area contributed by atoms with Gasteiger partial charge in [-0.25, -0.2) is 4.98 Å². The van der Waals surface area contributed by atoms with Crippen LogP contribution >= 0.6 is 11.6 Å². The Morgan fingerprint density at radius 1 is 1.13 bits per heavy atom. The van der Waals surface area contributed by atoms with Gasteiger partial charge in [0.2, 0.25) is 11.8 Å². The lowest BCUT2D eigenvalue weighted by Gasteiger charge is -2.21. The van der Waals surface area contributed by atoms with Crippen molar-refractivity contribution in [3.8, 4) is 5.82 Å². The van der Waals surface area contributed by atoms with Crippen molar-refractivity contribution in [2.75, 3.05) is 11.5 Å². The number of halogens is 1. The lowest BCUT2D eigenvalue weighted by molar-refractivity contribution is 0.0916. The van der Waals surface area contributed by atoms with Crippen LogP contribution in [0.15, 0.2) is 102 Å². The van der Waals surface area contributed by atoms with E-state index >= 15 is 0 Å². The summed E-state index contributed by atoms with van der Waals surface area (Å²) in [6, 6.07) is 21.9. The molecule has 3 aromatic heterocycles. The van der Waals surface area contributed by atoms with Gasteiger partial charge in [-0.1, -0.05) is 54.1 Å². The molecular weight excluding hydrogens is 502 g/mol. The van der Waals surface area contributed by atoms with Crippen LogP contribution in [0.5, 0.6) is 0 Å². The highest BCUT2D eigenvalue weighted by Gasteiger charge is 2.20. The number of hydrogen-bond acceptors (Lipinski definition) is 6. The normalized spacial score (nSPS) is 11.8. The molecule has 9 heteroatoms. The molecule has 0 radical (unpaired) electrons. The number of rotatable bonds is 9. The number of amides is 1. The third-order valence-electron chi connectivity index (χ3n) is 6.07. The van der Waals surface area contributed by atoms with Crippen molar-refractivity contribution in [1.82, 2.24) is 19.9 Å². The Kier molecular flexibility index (Phi) is 7.53. The summed E-state index contributed by atoms with van der Waals surface area (Å²) in [5, 5.41) is 13.3. The maximum Gasteiger partial charge on any atom is 0.253 e. The fraction of sp³-hybridized carbons (Fsp3) is 0.138. The van der Waals surface area contributed by atoms with Gasteiger partial charge in [-0.2, -0.15) is 4.98 Å². The molecule has 0 bridgehead atoms. The van der Waals surface area contributed by atoms with Gasteiger partial charge in [-0.3, -0.25) is 9.69 Å². The van der Waals surface area contributed by atoms with Gasteiger partial charge in [0.25, 0.3) is 5.91 Å². The molecule has 1 amide bonds. The van der Waals surface area contributed by atoms with E-state index in [1.54, 1.807) is 53.7 Å². The summed E-state index contributed by atoms with van der Waals surface area (Å²) in [5.74, 6) is 1.39. The monoisotopic (exact) mass is 527 g/mol. The fourth-order valence-corrected chi connectivity index (χ4v) is 4.31. The van der Waals surface area contributed by atoms with Gasteiger partial charge in [0, 0.05) is 35.2 Å². The SMILES string of the molecule is Cc1cnc(N(Cc2ccccc2)c2ccco2)nc1-n1ccc(C(=O)NC(CO)c2cccc(Cl)c2)c1. The minimum absolute atomic E-state index is 0.259. The van der Waals surface area contributed by atoms with Gasteiger partial charge in [-0.05, 0) is 42.3 Å². The first-order valence-corrected chi connectivity index (χ1v) is 12.4. The Morgan fingerprint density at radius 3 is 2.71 bits per heavy atom. The number of carbonyl (C=O) groups excluding carboxylic acids is 1. The molecule has 0 aliphatic carbocycles. The van der Waals surface area contributed by atoms with Crippen LogP contribution in [0.25, 0.3) is 5.82 Å². The van der Waals surface area contributed by atoms with Crippen molar-refractivity contribution in [1.29, 1.82) is 0 Å². The van der Waals surface area contributed by atoms with E-state index in [-0.39, 0.29) is 12.5 Å². The summed E-state index contributed by atoms with van der Waals surface area (Å²) in [5.41, 5.74) is 3.06. The molecule has 1 unspecified atom stereocenters. The summed E-state index contributed by atoms with van der Waals surface area (Å²) in [4.78, 5) is 24.3. The third kappa shape index (κ3) is 5.61. The van der Waals surface area contributed by atoms with E-state index in [1.165, 1.54) is 0 Å². The molecule has 0 fully saturated rings. The Labute approximate surface area is 225 Å². The second-order valence-corrected chi connectivity index (χ2v) is 9.21. The van der Waals surface area contributed by atoms with Gasteiger partial charge in [0.05, 0.1) is 31.0 Å². The van der Waals surface area contributed by atoms with E-state index in [2.05, 4.69) is 10.3 Å². The zero-order chi connectivity index (χ0) is 26.5. The van der Waals surface area contributed by atoms with E-state index < -0.39 is 6.04 Å². The van der Waals surface area contributed by atoms with Crippen molar-refractivity contribution < 1.29 is 14.3 Å². The van der Waals surface area contributed by atoms with Gasteiger partial charge < -0.3 is 19.4 Å². The molecule has 2 aromatic carbocycles. The van der Waals surface area contributed by atoms with Crippen molar-refractivity contribution in [3.63, 3.8) is 0 Å². The summed E-state index contributed by atoms with van der Waals surface area (Å²) >= 11 is 6.08. The minimum Gasteiger partial charge on any atom is -0.448 e. The largest absolute Gasteiger partial charge is 0.448 e. The van der Waals surface area contributed by atoms with E-state index in [0.29, 0.717) is 34.8 Å². The highest BCUT2D eigenvalue weighted by atomic mass is 35.5. The van der Waals surface area contributed by atoms with Crippen LogP contribution in [0.2, 0.25) is 5.02 Å². The molecule has 5 aromatic rings. The lowest BCUT2D eigenvalue weighted by Crippen LogP contribution is -2.30. The Hall–Kier alpha value is -4.40. The highest BCUT2D eigenvalue weighted by Crippen LogP contribution is 2.27. The molecule has 3 heterocycles. The molecule has 1 atom stereocenters. The smallest absolute Gasteiger partial charge is 0.253 e. The maximum atomic E-state index is 13.0. The van der Waals surface area contributed by atoms with E-state index in [9.17, 15) is 9.90 Å². The second kappa shape index (κ2) is 11.3. The molecule has 8 nitrogen and oxygen atoms in total. The van der Waals surface area contributed by atoms with Gasteiger partial charge in [0.1, 0.15) is 5.82 Å². The average molecular weight is 528 g/mol. The number of carbonyl (C=O) groups is 1. The molecule has 38 heavy (non-hydrogen) atoms. The fourth-order valence-electron chi connectivity index (χ4n) is 4.11. The first kappa shape index (κ1) is 25.3. The zero-order valence-corrected chi connectivity index (χ0v) is 21.4. The molecule has 0 spiro atoms. The van der Waals surface area contributed by atoms with Gasteiger partial charge in [-0.15, -0.1) is 0 Å². The van der Waals surface area contributed by atoms with Crippen molar-refractivity contribution in [3.05, 3.63) is 125 Å². The first-order chi connectivity index (χ1) is 18.5. The number of benzene rings is 2. The number of aliphatic hydroxyl groups excluding tert-OH is 1. The van der Waals surface area contributed by atoms with E-state index in [1.807, 2.05) is 60.4 Å². The molecule has 0 saturated heterocycles. The zero-order valence-electron chi connectivity index (χ0n) is 20.7. The Bertz CT molecular complexity index is 1520. The average Bonchev–Trinajstić information content (AvgIpc) is 3.64. The number of nitrogens with one attached hydrogen (secondary N) is 1. The van der Waals surface area contributed by atoms with Crippen LogP contribution in [0, 0.1) is 6.92 Å². The maximum absolute atomic E-state index is 13.0. The molecule has 0 saturated carbocycles. The quantitative estimate of drug-likeness (QED) is 0.258. The number of nitrogens with zero attached hydrogens (tertiary/aromatic N) is 4. The van der Waals surface area contributed by atoms with Gasteiger partial charge in [0.15, 0.2) is 0 Å². The Balaban J connectivity index is 1.41.